The summed E-state index contributed by atoms with van der Waals surface area (Å²) in [6.07, 6.45) is -0.298. The van der Waals surface area contributed by atoms with Crippen molar-refractivity contribution in [2.75, 3.05) is 0 Å². The third kappa shape index (κ3) is 2.17. The number of aliphatic carboxylic acids is 1. The molecule has 0 atom stereocenters. The van der Waals surface area contributed by atoms with E-state index in [-0.39, 0.29) is 17.1 Å². The van der Waals surface area contributed by atoms with Crippen LogP contribution < -0.4 is 0 Å². The third-order valence-corrected chi connectivity index (χ3v) is 1.48. The van der Waals surface area contributed by atoms with Gasteiger partial charge in [-0.1, -0.05) is 11.6 Å². The topological polar surface area (TPSA) is 50.2 Å². The fraction of sp³-hybridized carbons (Fsp3) is 0.143. The zero-order chi connectivity index (χ0) is 9.14. The van der Waals surface area contributed by atoms with Crippen LogP contribution >= 0.6 is 11.6 Å². The average molecular weight is 190 g/mol. The Balaban J connectivity index is 2.89. The second-order valence-corrected chi connectivity index (χ2v) is 2.55. The van der Waals surface area contributed by atoms with Crippen LogP contribution in [0.4, 0.5) is 4.39 Å². The molecule has 1 rings (SSSR count). The van der Waals surface area contributed by atoms with E-state index in [1.807, 2.05) is 0 Å². The number of halogens is 2. The number of hydrogen-bond donors (Lipinski definition) is 1. The molecule has 0 aliphatic heterocycles. The molecule has 0 unspecified atom stereocenters. The molecule has 0 saturated carbocycles. The lowest BCUT2D eigenvalue weighted by atomic mass is 10.3. The highest BCUT2D eigenvalue weighted by Crippen LogP contribution is 2.12. The predicted octanol–water partition coefficient (Wildman–Crippen LogP) is 1.50. The molecule has 0 aliphatic rings. The summed E-state index contributed by atoms with van der Waals surface area (Å²) >= 11 is 5.33. The molecular weight excluding hydrogens is 185 g/mol. The lowest BCUT2D eigenvalue weighted by Crippen LogP contribution is -2.03. The molecule has 64 valence electrons. The highest BCUT2D eigenvalue weighted by molar-refractivity contribution is 6.30. The molecule has 0 spiro atoms. The molecule has 1 aromatic rings. The molecule has 12 heavy (non-hydrogen) atoms. The van der Waals surface area contributed by atoms with Gasteiger partial charge in [-0.3, -0.25) is 4.79 Å². The summed E-state index contributed by atoms with van der Waals surface area (Å²) in [5.74, 6) is -1.89. The predicted molar refractivity (Wildman–Crippen MR) is 40.5 cm³/mol. The quantitative estimate of drug-likeness (QED) is 0.718. The van der Waals surface area contributed by atoms with Gasteiger partial charge in [0, 0.05) is 0 Å². The van der Waals surface area contributed by atoms with Gasteiger partial charge in [-0.2, -0.15) is 4.39 Å². The van der Waals surface area contributed by atoms with Crippen molar-refractivity contribution in [1.82, 2.24) is 4.98 Å². The van der Waals surface area contributed by atoms with Gasteiger partial charge in [-0.15, -0.1) is 0 Å². The first-order chi connectivity index (χ1) is 5.59. The van der Waals surface area contributed by atoms with E-state index in [2.05, 4.69) is 4.98 Å². The van der Waals surface area contributed by atoms with Crippen LogP contribution in [0.25, 0.3) is 0 Å². The second-order valence-electron chi connectivity index (χ2n) is 2.15. The van der Waals surface area contributed by atoms with E-state index in [1.54, 1.807) is 0 Å². The first kappa shape index (κ1) is 8.93. The summed E-state index contributed by atoms with van der Waals surface area (Å²) in [4.78, 5) is 13.5. The Hall–Kier alpha value is -1.16. The number of pyridine rings is 1. The first-order valence-electron chi connectivity index (χ1n) is 3.12. The smallest absolute Gasteiger partial charge is 0.309 e. The third-order valence-electron chi connectivity index (χ3n) is 1.19. The number of rotatable bonds is 2. The minimum Gasteiger partial charge on any atom is -0.481 e. The molecule has 1 N–H and O–H groups in total. The van der Waals surface area contributed by atoms with E-state index >= 15 is 0 Å². The zero-order valence-corrected chi connectivity index (χ0v) is 6.68. The zero-order valence-electron chi connectivity index (χ0n) is 5.92. The summed E-state index contributed by atoms with van der Waals surface area (Å²) in [7, 11) is 0. The van der Waals surface area contributed by atoms with Crippen molar-refractivity contribution in [2.45, 2.75) is 6.42 Å². The van der Waals surface area contributed by atoms with Gasteiger partial charge < -0.3 is 5.11 Å². The Labute approximate surface area is 72.8 Å². The van der Waals surface area contributed by atoms with Gasteiger partial charge in [-0.05, 0) is 12.1 Å². The Kier molecular flexibility index (Phi) is 2.60. The first-order valence-corrected chi connectivity index (χ1v) is 3.50. The number of aromatic nitrogens is 1. The van der Waals surface area contributed by atoms with Crippen LogP contribution in [0.5, 0.6) is 0 Å². The number of carboxylic acid groups (broad SMARTS) is 1. The molecule has 3 nitrogen and oxygen atoms in total. The van der Waals surface area contributed by atoms with Crippen molar-refractivity contribution < 1.29 is 14.3 Å². The van der Waals surface area contributed by atoms with E-state index in [0.717, 1.165) is 0 Å². The molecule has 1 aromatic heterocycles. The number of carboxylic acids is 1. The molecule has 0 saturated heterocycles. The van der Waals surface area contributed by atoms with E-state index < -0.39 is 11.9 Å². The fourth-order valence-electron chi connectivity index (χ4n) is 0.708. The summed E-state index contributed by atoms with van der Waals surface area (Å²) in [6, 6.07) is 2.65. The Bertz CT molecular complexity index is 316. The Morgan fingerprint density at radius 2 is 2.33 bits per heavy atom. The molecule has 0 aliphatic carbocycles. The maximum atomic E-state index is 12.6. The van der Waals surface area contributed by atoms with E-state index in [9.17, 15) is 9.18 Å². The molecule has 0 amide bonds. The largest absolute Gasteiger partial charge is 0.481 e. The van der Waals surface area contributed by atoms with Crippen molar-refractivity contribution in [2.24, 2.45) is 0 Å². The van der Waals surface area contributed by atoms with E-state index in [0.29, 0.717) is 0 Å². The maximum Gasteiger partial charge on any atom is 0.309 e. The van der Waals surface area contributed by atoms with Crippen molar-refractivity contribution in [1.29, 1.82) is 0 Å². The van der Waals surface area contributed by atoms with Gasteiger partial charge in [0.25, 0.3) is 0 Å². The van der Waals surface area contributed by atoms with Gasteiger partial charge in [0.1, 0.15) is 0 Å². The number of nitrogens with zero attached hydrogens (tertiary/aromatic N) is 1. The molecule has 0 aromatic carbocycles. The van der Waals surface area contributed by atoms with Gasteiger partial charge in [0.15, 0.2) is 0 Å². The van der Waals surface area contributed by atoms with Crippen LogP contribution in [0, 0.1) is 5.95 Å². The van der Waals surface area contributed by atoms with E-state index in [1.165, 1.54) is 12.1 Å². The minimum atomic E-state index is -1.05. The van der Waals surface area contributed by atoms with Crippen LogP contribution in [0.3, 0.4) is 0 Å². The molecule has 0 fully saturated rings. The SMILES string of the molecule is O=C(O)Cc1ccc(Cl)c(F)n1. The van der Waals surface area contributed by atoms with Crippen molar-refractivity contribution in [3.05, 3.63) is 28.8 Å². The normalized spacial score (nSPS) is 9.83. The lowest BCUT2D eigenvalue weighted by Gasteiger charge is -1.96. The highest BCUT2D eigenvalue weighted by Gasteiger charge is 2.05. The van der Waals surface area contributed by atoms with Gasteiger partial charge >= 0.3 is 5.97 Å². The molecule has 0 radical (unpaired) electrons. The summed E-state index contributed by atoms with van der Waals surface area (Å²) in [5.41, 5.74) is 0.157. The van der Waals surface area contributed by atoms with E-state index in [4.69, 9.17) is 16.7 Å². The minimum absolute atomic E-state index is 0.107. The average Bonchev–Trinajstić information content (AvgIpc) is 1.96. The number of hydrogen-bond acceptors (Lipinski definition) is 2. The highest BCUT2D eigenvalue weighted by atomic mass is 35.5. The fourth-order valence-corrected chi connectivity index (χ4v) is 0.814. The van der Waals surface area contributed by atoms with Crippen LogP contribution in [-0.4, -0.2) is 16.1 Å². The molecular formula is C7H5ClFNO2. The van der Waals surface area contributed by atoms with Gasteiger partial charge in [-0.25, -0.2) is 4.98 Å². The second kappa shape index (κ2) is 3.49. The van der Waals surface area contributed by atoms with Crippen LogP contribution in [-0.2, 0) is 11.2 Å². The Morgan fingerprint density at radius 3 is 2.83 bits per heavy atom. The molecule has 5 heteroatoms. The van der Waals surface area contributed by atoms with Crippen molar-refractivity contribution >= 4 is 17.6 Å². The van der Waals surface area contributed by atoms with Crippen LogP contribution in [0.1, 0.15) is 5.69 Å². The number of carbonyl (C=O) groups is 1. The monoisotopic (exact) mass is 189 g/mol. The Morgan fingerprint density at radius 1 is 1.67 bits per heavy atom. The van der Waals surface area contributed by atoms with Crippen LogP contribution in [0.2, 0.25) is 5.02 Å². The van der Waals surface area contributed by atoms with Crippen molar-refractivity contribution in [3.63, 3.8) is 0 Å². The standard InChI is InChI=1S/C7H5ClFNO2/c8-5-2-1-4(3-6(11)12)10-7(5)9/h1-2H,3H2,(H,11,12). The maximum absolute atomic E-state index is 12.6. The van der Waals surface area contributed by atoms with Crippen LogP contribution in [0.15, 0.2) is 12.1 Å². The van der Waals surface area contributed by atoms with Crippen molar-refractivity contribution in [3.8, 4) is 0 Å². The molecule has 1 heterocycles. The summed E-state index contributed by atoms with van der Waals surface area (Å²) in [5, 5.41) is 8.22. The summed E-state index contributed by atoms with van der Waals surface area (Å²) < 4.78 is 12.6. The van der Waals surface area contributed by atoms with Gasteiger partial charge in [0.05, 0.1) is 17.1 Å². The summed E-state index contributed by atoms with van der Waals surface area (Å²) in [6.45, 7) is 0. The molecule has 0 bridgehead atoms. The van der Waals surface area contributed by atoms with Gasteiger partial charge in [0.2, 0.25) is 5.95 Å². The lowest BCUT2D eigenvalue weighted by molar-refractivity contribution is -0.136.